The maximum absolute atomic E-state index is 13.7. The molecule has 1 aromatic heterocycles. The van der Waals surface area contributed by atoms with Gasteiger partial charge in [-0.2, -0.15) is 0 Å². The number of alkyl halides is 1. The fraction of sp³-hybridized carbons (Fsp3) is 0.562. The summed E-state index contributed by atoms with van der Waals surface area (Å²) in [5.41, 5.74) is 1.93. The molecular formula is C16H19Cl2FN2. The van der Waals surface area contributed by atoms with Gasteiger partial charge >= 0.3 is 0 Å². The van der Waals surface area contributed by atoms with E-state index in [9.17, 15) is 4.39 Å². The predicted molar refractivity (Wildman–Crippen MR) is 85.8 cm³/mol. The highest BCUT2D eigenvalue weighted by Gasteiger charge is 2.33. The van der Waals surface area contributed by atoms with Gasteiger partial charge in [0.2, 0.25) is 0 Å². The fourth-order valence-electron chi connectivity index (χ4n) is 3.43. The SMILES string of the molecule is CC1(C)CCC(n2c(CCCl)nc3cc(F)c(Cl)cc32)C1. The predicted octanol–water partition coefficient (Wildman–Crippen LogP) is 5.36. The Hall–Kier alpha value is -0.800. The lowest BCUT2D eigenvalue weighted by molar-refractivity contribution is 0.358. The number of halogens is 3. The Kier molecular flexibility index (Phi) is 3.91. The number of aromatic nitrogens is 2. The molecule has 1 aliphatic rings. The van der Waals surface area contributed by atoms with Crippen LogP contribution in [-0.2, 0) is 6.42 Å². The third-order valence-corrected chi connectivity index (χ3v) is 4.91. The monoisotopic (exact) mass is 328 g/mol. The number of imidazole rings is 1. The first kappa shape index (κ1) is 15.1. The van der Waals surface area contributed by atoms with E-state index in [-0.39, 0.29) is 5.02 Å². The smallest absolute Gasteiger partial charge is 0.144 e. The zero-order valence-electron chi connectivity index (χ0n) is 12.3. The van der Waals surface area contributed by atoms with E-state index < -0.39 is 5.82 Å². The Bertz CT molecular complexity index is 678. The second-order valence-corrected chi connectivity index (χ2v) is 7.44. The Morgan fingerprint density at radius 3 is 2.81 bits per heavy atom. The fourth-order valence-corrected chi connectivity index (χ4v) is 3.76. The van der Waals surface area contributed by atoms with Crippen molar-refractivity contribution in [1.29, 1.82) is 0 Å². The second kappa shape index (κ2) is 5.44. The van der Waals surface area contributed by atoms with Crippen molar-refractivity contribution in [3.63, 3.8) is 0 Å². The lowest BCUT2D eigenvalue weighted by Crippen LogP contribution is -2.12. The van der Waals surface area contributed by atoms with E-state index in [1.54, 1.807) is 6.07 Å². The van der Waals surface area contributed by atoms with Gasteiger partial charge in [-0.05, 0) is 30.7 Å². The molecule has 21 heavy (non-hydrogen) atoms. The first-order valence-electron chi connectivity index (χ1n) is 7.33. The molecule has 2 nitrogen and oxygen atoms in total. The average Bonchev–Trinajstić information content (AvgIpc) is 2.91. The van der Waals surface area contributed by atoms with Crippen molar-refractivity contribution in [1.82, 2.24) is 9.55 Å². The number of fused-ring (bicyclic) bond motifs is 1. The van der Waals surface area contributed by atoms with Gasteiger partial charge in [0, 0.05) is 24.4 Å². The molecule has 1 fully saturated rings. The Labute approximate surface area is 134 Å². The molecule has 2 aromatic rings. The van der Waals surface area contributed by atoms with Gasteiger partial charge in [-0.3, -0.25) is 0 Å². The molecule has 0 aliphatic heterocycles. The third-order valence-electron chi connectivity index (χ3n) is 4.43. The molecule has 0 spiro atoms. The molecule has 1 saturated carbocycles. The van der Waals surface area contributed by atoms with Crippen LogP contribution in [0.15, 0.2) is 12.1 Å². The molecule has 114 valence electrons. The maximum Gasteiger partial charge on any atom is 0.144 e. The molecular weight excluding hydrogens is 310 g/mol. The number of benzene rings is 1. The zero-order chi connectivity index (χ0) is 15.2. The van der Waals surface area contributed by atoms with Crippen LogP contribution in [0.2, 0.25) is 5.02 Å². The van der Waals surface area contributed by atoms with E-state index in [2.05, 4.69) is 23.4 Å². The maximum atomic E-state index is 13.7. The summed E-state index contributed by atoms with van der Waals surface area (Å²) >= 11 is 11.9. The van der Waals surface area contributed by atoms with Crippen LogP contribution >= 0.6 is 23.2 Å². The summed E-state index contributed by atoms with van der Waals surface area (Å²) < 4.78 is 15.9. The van der Waals surface area contributed by atoms with E-state index in [1.165, 1.54) is 12.5 Å². The minimum atomic E-state index is -0.419. The average molecular weight is 329 g/mol. The summed E-state index contributed by atoms with van der Waals surface area (Å²) in [6.07, 6.45) is 4.09. The van der Waals surface area contributed by atoms with Crippen LogP contribution in [-0.4, -0.2) is 15.4 Å². The van der Waals surface area contributed by atoms with Crippen LogP contribution in [0.1, 0.15) is 45.0 Å². The van der Waals surface area contributed by atoms with Crippen LogP contribution in [0.3, 0.4) is 0 Å². The lowest BCUT2D eigenvalue weighted by Gasteiger charge is -2.20. The van der Waals surface area contributed by atoms with Gasteiger partial charge in [-0.1, -0.05) is 25.4 Å². The highest BCUT2D eigenvalue weighted by molar-refractivity contribution is 6.31. The molecule has 1 aliphatic carbocycles. The molecule has 0 bridgehead atoms. The van der Waals surface area contributed by atoms with Gasteiger partial charge in [0.1, 0.15) is 11.6 Å². The van der Waals surface area contributed by atoms with Crippen LogP contribution in [0.4, 0.5) is 4.39 Å². The molecule has 3 rings (SSSR count). The second-order valence-electron chi connectivity index (χ2n) is 6.65. The van der Waals surface area contributed by atoms with Crippen molar-refractivity contribution in [2.24, 2.45) is 5.41 Å². The minimum absolute atomic E-state index is 0.151. The van der Waals surface area contributed by atoms with E-state index >= 15 is 0 Å². The van der Waals surface area contributed by atoms with Gasteiger partial charge in [-0.15, -0.1) is 11.6 Å². The number of hydrogen-bond acceptors (Lipinski definition) is 1. The van der Waals surface area contributed by atoms with E-state index in [1.807, 2.05) is 0 Å². The summed E-state index contributed by atoms with van der Waals surface area (Å²) in [4.78, 5) is 4.58. The number of rotatable bonds is 3. The highest BCUT2D eigenvalue weighted by Crippen LogP contribution is 2.45. The number of hydrogen-bond donors (Lipinski definition) is 0. The summed E-state index contributed by atoms with van der Waals surface area (Å²) in [6, 6.07) is 3.51. The molecule has 0 N–H and O–H groups in total. The van der Waals surface area contributed by atoms with Crippen molar-refractivity contribution in [3.8, 4) is 0 Å². The van der Waals surface area contributed by atoms with Crippen LogP contribution in [0, 0.1) is 11.2 Å². The minimum Gasteiger partial charge on any atom is -0.325 e. The van der Waals surface area contributed by atoms with Crippen molar-refractivity contribution < 1.29 is 4.39 Å². The largest absolute Gasteiger partial charge is 0.325 e. The normalized spacial score (nSPS) is 21.3. The Morgan fingerprint density at radius 1 is 1.43 bits per heavy atom. The molecule has 5 heteroatoms. The van der Waals surface area contributed by atoms with Crippen molar-refractivity contribution >= 4 is 34.2 Å². The van der Waals surface area contributed by atoms with Gasteiger partial charge in [0.25, 0.3) is 0 Å². The summed E-state index contributed by atoms with van der Waals surface area (Å²) in [5, 5.41) is 0.151. The van der Waals surface area contributed by atoms with Gasteiger partial charge < -0.3 is 4.57 Å². The van der Waals surface area contributed by atoms with E-state index in [4.69, 9.17) is 23.2 Å². The van der Waals surface area contributed by atoms with Crippen LogP contribution < -0.4 is 0 Å². The van der Waals surface area contributed by atoms with Crippen molar-refractivity contribution in [2.45, 2.75) is 45.6 Å². The Morgan fingerprint density at radius 2 is 2.19 bits per heavy atom. The van der Waals surface area contributed by atoms with Crippen molar-refractivity contribution in [2.75, 3.05) is 5.88 Å². The van der Waals surface area contributed by atoms with Crippen LogP contribution in [0.25, 0.3) is 11.0 Å². The molecule has 0 radical (unpaired) electrons. The van der Waals surface area contributed by atoms with Gasteiger partial charge in [0.15, 0.2) is 0 Å². The quantitative estimate of drug-likeness (QED) is 0.693. The Balaban J connectivity index is 2.14. The van der Waals surface area contributed by atoms with Crippen molar-refractivity contribution in [3.05, 3.63) is 28.8 Å². The first-order valence-corrected chi connectivity index (χ1v) is 8.24. The topological polar surface area (TPSA) is 17.8 Å². The molecule has 1 aromatic carbocycles. The number of aryl methyl sites for hydroxylation is 1. The van der Waals surface area contributed by atoms with E-state index in [0.717, 1.165) is 24.2 Å². The molecule has 0 saturated heterocycles. The summed E-state index contributed by atoms with van der Waals surface area (Å²) in [7, 11) is 0. The van der Waals surface area contributed by atoms with Gasteiger partial charge in [-0.25, -0.2) is 9.37 Å². The lowest BCUT2D eigenvalue weighted by atomic mass is 9.92. The molecule has 0 amide bonds. The molecule has 1 heterocycles. The number of nitrogens with zero attached hydrogens (tertiary/aromatic N) is 2. The first-order chi connectivity index (χ1) is 9.91. The zero-order valence-corrected chi connectivity index (χ0v) is 13.8. The standard InChI is InChI=1S/C16H19Cl2FN2/c1-16(2)5-3-10(9-16)21-14-7-11(18)12(19)8-13(14)20-15(21)4-6-17/h7-8,10H,3-6,9H2,1-2H3. The highest BCUT2D eigenvalue weighted by atomic mass is 35.5. The van der Waals surface area contributed by atoms with E-state index in [0.29, 0.717) is 29.3 Å². The van der Waals surface area contributed by atoms with Crippen LogP contribution in [0.5, 0.6) is 0 Å². The summed E-state index contributed by atoms with van der Waals surface area (Å²) in [5.74, 6) is 1.03. The third kappa shape index (κ3) is 2.78. The molecule has 1 unspecified atom stereocenters. The summed E-state index contributed by atoms with van der Waals surface area (Å²) in [6.45, 7) is 4.58. The molecule has 1 atom stereocenters. The van der Waals surface area contributed by atoms with Gasteiger partial charge in [0.05, 0.1) is 16.1 Å².